The molecule has 4 heteroatoms. The van der Waals surface area contributed by atoms with Gasteiger partial charge in [0, 0.05) is 32.0 Å². The minimum Gasteiger partial charge on any atom is -0.355 e. The van der Waals surface area contributed by atoms with Crippen molar-refractivity contribution in [3.63, 3.8) is 0 Å². The number of rotatable bonds is 6. The van der Waals surface area contributed by atoms with Gasteiger partial charge in [-0.2, -0.15) is 0 Å². The second-order valence-corrected chi connectivity index (χ2v) is 7.57. The van der Waals surface area contributed by atoms with Gasteiger partial charge in [0.05, 0.1) is 0 Å². The third-order valence-electron chi connectivity index (χ3n) is 4.21. The molecule has 2 amide bonds. The van der Waals surface area contributed by atoms with Crippen LogP contribution in [0.1, 0.15) is 32.8 Å². The molecule has 0 aromatic heterocycles. The fourth-order valence-corrected chi connectivity index (χ4v) is 2.53. The molecule has 4 nitrogen and oxygen atoms in total. The first-order valence-electron chi connectivity index (χ1n) is 8.94. The Balaban J connectivity index is 1.84. The van der Waals surface area contributed by atoms with E-state index >= 15 is 0 Å². The van der Waals surface area contributed by atoms with Crippen LogP contribution in [-0.2, 0) is 16.1 Å². The van der Waals surface area contributed by atoms with Crippen molar-refractivity contribution in [1.29, 1.82) is 0 Å². The highest BCUT2D eigenvalue weighted by atomic mass is 16.2. The monoisotopic (exact) mass is 352 g/mol. The van der Waals surface area contributed by atoms with Crippen molar-refractivity contribution in [2.24, 2.45) is 5.41 Å². The van der Waals surface area contributed by atoms with E-state index in [-0.39, 0.29) is 11.8 Å². The summed E-state index contributed by atoms with van der Waals surface area (Å²) in [6.07, 6.45) is 0.306. The van der Waals surface area contributed by atoms with E-state index in [1.54, 1.807) is 11.9 Å². The Morgan fingerprint density at radius 2 is 1.50 bits per heavy atom. The van der Waals surface area contributed by atoms with Gasteiger partial charge in [-0.25, -0.2) is 0 Å². The Morgan fingerprint density at radius 3 is 2.08 bits per heavy atom. The Bertz CT molecular complexity index is 731. The molecule has 1 N–H and O–H groups in total. The van der Waals surface area contributed by atoms with Crippen LogP contribution in [0.2, 0.25) is 0 Å². The number of amides is 2. The summed E-state index contributed by atoms with van der Waals surface area (Å²) >= 11 is 0. The zero-order valence-electron chi connectivity index (χ0n) is 16.1. The van der Waals surface area contributed by atoms with E-state index in [1.807, 2.05) is 51.1 Å². The predicted molar refractivity (Wildman–Crippen MR) is 105 cm³/mol. The molecular weight excluding hydrogens is 324 g/mol. The van der Waals surface area contributed by atoms with Crippen LogP contribution in [0.25, 0.3) is 11.1 Å². The van der Waals surface area contributed by atoms with E-state index in [4.69, 9.17) is 0 Å². The van der Waals surface area contributed by atoms with E-state index in [0.29, 0.717) is 19.5 Å². The summed E-state index contributed by atoms with van der Waals surface area (Å²) in [4.78, 5) is 25.8. The quantitative estimate of drug-likeness (QED) is 0.858. The predicted octanol–water partition coefficient (Wildman–Crippen LogP) is 3.86. The van der Waals surface area contributed by atoms with Gasteiger partial charge in [0.25, 0.3) is 0 Å². The number of carbonyl (C=O) groups excluding carboxylic acids is 2. The molecule has 138 valence electrons. The van der Waals surface area contributed by atoms with Gasteiger partial charge in [0.15, 0.2) is 0 Å². The smallest absolute Gasteiger partial charge is 0.225 e. The molecule has 0 spiro atoms. The first kappa shape index (κ1) is 19.7. The molecule has 0 aliphatic heterocycles. The lowest BCUT2D eigenvalue weighted by Gasteiger charge is -2.20. The SMILES string of the molecule is CN(Cc1ccc(-c2ccccc2)cc1)C(=O)CCNC(=O)C(C)(C)C. The first-order chi connectivity index (χ1) is 12.3. The molecule has 2 aromatic rings. The normalized spacial score (nSPS) is 11.1. The summed E-state index contributed by atoms with van der Waals surface area (Å²) in [5, 5.41) is 2.81. The number of carbonyl (C=O) groups is 2. The second kappa shape index (κ2) is 8.65. The van der Waals surface area contributed by atoms with Crippen LogP contribution < -0.4 is 5.32 Å². The molecule has 0 fully saturated rings. The van der Waals surface area contributed by atoms with E-state index < -0.39 is 5.41 Å². The van der Waals surface area contributed by atoms with Gasteiger partial charge in [-0.1, -0.05) is 75.4 Å². The number of hydrogen-bond acceptors (Lipinski definition) is 2. The second-order valence-electron chi connectivity index (χ2n) is 7.57. The number of nitrogens with zero attached hydrogens (tertiary/aromatic N) is 1. The highest BCUT2D eigenvalue weighted by Gasteiger charge is 2.21. The Morgan fingerprint density at radius 1 is 0.923 bits per heavy atom. The van der Waals surface area contributed by atoms with Gasteiger partial charge in [-0.05, 0) is 16.7 Å². The van der Waals surface area contributed by atoms with Gasteiger partial charge in [-0.15, -0.1) is 0 Å². The maximum absolute atomic E-state index is 12.2. The van der Waals surface area contributed by atoms with Crippen LogP contribution in [0.4, 0.5) is 0 Å². The third-order valence-corrected chi connectivity index (χ3v) is 4.21. The minimum absolute atomic E-state index is 0.0198. The molecule has 0 bridgehead atoms. The lowest BCUT2D eigenvalue weighted by molar-refractivity contribution is -0.131. The van der Waals surface area contributed by atoms with E-state index in [1.165, 1.54) is 5.56 Å². The van der Waals surface area contributed by atoms with Gasteiger partial charge in [0.1, 0.15) is 0 Å². The first-order valence-corrected chi connectivity index (χ1v) is 8.94. The molecule has 0 radical (unpaired) electrons. The van der Waals surface area contributed by atoms with Crippen molar-refractivity contribution in [3.05, 3.63) is 60.2 Å². The zero-order valence-corrected chi connectivity index (χ0v) is 16.1. The average molecular weight is 352 g/mol. The zero-order chi connectivity index (χ0) is 19.2. The largest absolute Gasteiger partial charge is 0.355 e. The highest BCUT2D eigenvalue weighted by molar-refractivity contribution is 5.82. The lowest BCUT2D eigenvalue weighted by atomic mass is 9.96. The van der Waals surface area contributed by atoms with Crippen LogP contribution in [-0.4, -0.2) is 30.3 Å². The average Bonchev–Trinajstić information content (AvgIpc) is 2.62. The summed E-state index contributed by atoms with van der Waals surface area (Å²) in [7, 11) is 1.79. The third kappa shape index (κ3) is 5.73. The Labute approximate surface area is 156 Å². The molecule has 26 heavy (non-hydrogen) atoms. The summed E-state index contributed by atoms with van der Waals surface area (Å²) in [5.74, 6) is -0.0178. The molecule has 2 rings (SSSR count). The summed E-state index contributed by atoms with van der Waals surface area (Å²) in [6.45, 7) is 6.49. The molecule has 0 saturated heterocycles. The number of nitrogens with one attached hydrogen (secondary N) is 1. The van der Waals surface area contributed by atoms with Gasteiger partial charge in [0.2, 0.25) is 11.8 Å². The van der Waals surface area contributed by atoms with Crippen LogP contribution in [0.3, 0.4) is 0 Å². The molecular formula is C22H28N2O2. The standard InChI is InChI=1S/C22H28N2O2/c1-22(2,3)21(26)23-15-14-20(25)24(4)16-17-10-12-19(13-11-17)18-8-6-5-7-9-18/h5-13H,14-16H2,1-4H3,(H,23,26). The van der Waals surface area contributed by atoms with Crippen molar-refractivity contribution in [1.82, 2.24) is 10.2 Å². The molecule has 0 aliphatic rings. The van der Waals surface area contributed by atoms with E-state index in [2.05, 4.69) is 29.6 Å². The molecule has 0 saturated carbocycles. The fourth-order valence-electron chi connectivity index (χ4n) is 2.53. The lowest BCUT2D eigenvalue weighted by Crippen LogP contribution is -2.37. The molecule has 0 heterocycles. The van der Waals surface area contributed by atoms with Crippen molar-refractivity contribution in [3.8, 4) is 11.1 Å². The van der Waals surface area contributed by atoms with Crippen molar-refractivity contribution < 1.29 is 9.59 Å². The van der Waals surface area contributed by atoms with Gasteiger partial charge < -0.3 is 10.2 Å². The highest BCUT2D eigenvalue weighted by Crippen LogP contribution is 2.19. The number of benzene rings is 2. The number of hydrogen-bond donors (Lipinski definition) is 1. The molecule has 0 atom stereocenters. The van der Waals surface area contributed by atoms with Crippen LogP contribution in [0.15, 0.2) is 54.6 Å². The van der Waals surface area contributed by atoms with Gasteiger partial charge in [-0.3, -0.25) is 9.59 Å². The summed E-state index contributed by atoms with van der Waals surface area (Å²) < 4.78 is 0. The Kier molecular flexibility index (Phi) is 6.56. The fraction of sp³-hybridized carbons (Fsp3) is 0.364. The minimum atomic E-state index is -0.435. The van der Waals surface area contributed by atoms with E-state index in [0.717, 1.165) is 11.1 Å². The Hall–Kier alpha value is -2.62. The van der Waals surface area contributed by atoms with Crippen molar-refractivity contribution in [2.75, 3.05) is 13.6 Å². The molecule has 2 aromatic carbocycles. The molecule has 0 aliphatic carbocycles. The van der Waals surface area contributed by atoms with Crippen LogP contribution in [0.5, 0.6) is 0 Å². The topological polar surface area (TPSA) is 49.4 Å². The maximum atomic E-state index is 12.2. The van der Waals surface area contributed by atoms with E-state index in [9.17, 15) is 9.59 Å². The van der Waals surface area contributed by atoms with Crippen LogP contribution in [0, 0.1) is 5.41 Å². The summed E-state index contributed by atoms with van der Waals surface area (Å²) in [5.41, 5.74) is 2.99. The molecule has 0 unspecified atom stereocenters. The van der Waals surface area contributed by atoms with Crippen LogP contribution >= 0.6 is 0 Å². The van der Waals surface area contributed by atoms with Gasteiger partial charge >= 0.3 is 0 Å². The summed E-state index contributed by atoms with van der Waals surface area (Å²) in [6, 6.07) is 18.5. The maximum Gasteiger partial charge on any atom is 0.225 e. The van der Waals surface area contributed by atoms with Crippen molar-refractivity contribution >= 4 is 11.8 Å². The van der Waals surface area contributed by atoms with Crippen molar-refractivity contribution in [2.45, 2.75) is 33.7 Å².